The van der Waals surface area contributed by atoms with Crippen molar-refractivity contribution in [2.75, 3.05) is 0 Å². The Balaban J connectivity index is 1.68. The smallest absolute Gasteiger partial charge is 0.274 e. The molecular formula is C19H18ClN3O2S. The molecule has 5 nitrogen and oxygen atoms in total. The second-order valence-corrected chi connectivity index (χ2v) is 8.18. The molecule has 2 heterocycles. The third kappa shape index (κ3) is 3.27. The van der Waals surface area contributed by atoms with Crippen molar-refractivity contribution in [3.8, 4) is 0 Å². The van der Waals surface area contributed by atoms with E-state index in [1.165, 1.54) is 11.3 Å². The lowest BCUT2D eigenvalue weighted by Crippen LogP contribution is -2.30. The van der Waals surface area contributed by atoms with Crippen molar-refractivity contribution in [2.24, 2.45) is 0 Å². The topological polar surface area (TPSA) is 64.0 Å². The number of hydrogen-bond donors (Lipinski definition) is 1. The van der Waals surface area contributed by atoms with Crippen molar-refractivity contribution in [3.63, 3.8) is 0 Å². The van der Waals surface area contributed by atoms with E-state index in [1.54, 1.807) is 16.8 Å². The Morgan fingerprint density at radius 2 is 1.92 bits per heavy atom. The molecule has 1 N–H and O–H groups in total. The van der Waals surface area contributed by atoms with E-state index in [1.807, 2.05) is 24.3 Å². The third-order valence-electron chi connectivity index (χ3n) is 4.79. The van der Waals surface area contributed by atoms with E-state index in [0.717, 1.165) is 31.1 Å². The SMILES string of the molecule is O=C(NCc1nn(C2CCCC2)c(=O)c2ccccc12)c1ccc(Cl)s1. The minimum Gasteiger partial charge on any atom is -0.346 e. The van der Waals surface area contributed by atoms with E-state index in [9.17, 15) is 9.59 Å². The monoisotopic (exact) mass is 387 g/mol. The Bertz CT molecular complexity index is 1020. The lowest BCUT2D eigenvalue weighted by atomic mass is 10.1. The highest BCUT2D eigenvalue weighted by Gasteiger charge is 2.21. The molecule has 0 spiro atoms. The van der Waals surface area contributed by atoms with Gasteiger partial charge in [-0.1, -0.05) is 42.6 Å². The molecule has 26 heavy (non-hydrogen) atoms. The fourth-order valence-electron chi connectivity index (χ4n) is 3.49. The Morgan fingerprint density at radius 1 is 1.19 bits per heavy atom. The van der Waals surface area contributed by atoms with Gasteiger partial charge in [-0.3, -0.25) is 9.59 Å². The molecule has 0 atom stereocenters. The average molecular weight is 388 g/mol. The quantitative estimate of drug-likeness (QED) is 0.731. The van der Waals surface area contributed by atoms with E-state index in [-0.39, 0.29) is 24.1 Å². The highest BCUT2D eigenvalue weighted by Crippen LogP contribution is 2.28. The number of halogens is 1. The van der Waals surface area contributed by atoms with Gasteiger partial charge in [0.05, 0.1) is 32.9 Å². The number of thiophene rings is 1. The van der Waals surface area contributed by atoms with Crippen molar-refractivity contribution in [3.05, 3.63) is 61.7 Å². The second-order valence-electron chi connectivity index (χ2n) is 6.47. The first kappa shape index (κ1) is 17.2. The zero-order chi connectivity index (χ0) is 18.1. The predicted octanol–water partition coefficient (Wildman–Crippen LogP) is 4.16. The Hall–Kier alpha value is -2.18. The summed E-state index contributed by atoms with van der Waals surface area (Å²) in [6, 6.07) is 11.0. The summed E-state index contributed by atoms with van der Waals surface area (Å²) in [5.41, 5.74) is 0.663. The van der Waals surface area contributed by atoms with Crippen LogP contribution < -0.4 is 10.9 Å². The molecular weight excluding hydrogens is 370 g/mol. The number of carbonyl (C=O) groups excluding carboxylic acids is 1. The zero-order valence-electron chi connectivity index (χ0n) is 14.1. The van der Waals surface area contributed by atoms with Crippen LogP contribution >= 0.6 is 22.9 Å². The van der Waals surface area contributed by atoms with Crippen LogP contribution in [-0.2, 0) is 6.54 Å². The van der Waals surface area contributed by atoms with E-state index >= 15 is 0 Å². The molecule has 134 valence electrons. The molecule has 1 aromatic carbocycles. The van der Waals surface area contributed by atoms with Gasteiger partial charge >= 0.3 is 0 Å². The number of fused-ring (bicyclic) bond motifs is 1. The highest BCUT2D eigenvalue weighted by atomic mass is 35.5. The summed E-state index contributed by atoms with van der Waals surface area (Å²) in [5.74, 6) is -0.189. The molecule has 1 amide bonds. The van der Waals surface area contributed by atoms with Crippen LogP contribution in [0.5, 0.6) is 0 Å². The number of rotatable bonds is 4. The van der Waals surface area contributed by atoms with E-state index in [0.29, 0.717) is 20.3 Å². The van der Waals surface area contributed by atoms with E-state index in [2.05, 4.69) is 10.4 Å². The van der Waals surface area contributed by atoms with Gasteiger partial charge in [0, 0.05) is 5.39 Å². The first-order chi connectivity index (χ1) is 12.6. The summed E-state index contributed by atoms with van der Waals surface area (Å²) >= 11 is 7.14. The Labute approximate surface area is 159 Å². The number of carbonyl (C=O) groups is 1. The van der Waals surface area contributed by atoms with Gasteiger partial charge in [-0.15, -0.1) is 11.3 Å². The normalized spacial score (nSPS) is 14.8. The van der Waals surface area contributed by atoms with Gasteiger partial charge in [0.15, 0.2) is 0 Å². The zero-order valence-corrected chi connectivity index (χ0v) is 15.6. The predicted molar refractivity (Wildman–Crippen MR) is 104 cm³/mol. The summed E-state index contributed by atoms with van der Waals surface area (Å²) in [4.78, 5) is 25.7. The van der Waals surface area contributed by atoms with Gasteiger partial charge in [0.1, 0.15) is 0 Å². The summed E-state index contributed by atoms with van der Waals surface area (Å²) < 4.78 is 2.20. The van der Waals surface area contributed by atoms with Crippen LogP contribution in [0.4, 0.5) is 0 Å². The first-order valence-corrected chi connectivity index (χ1v) is 9.87. The van der Waals surface area contributed by atoms with Gasteiger partial charge in [-0.25, -0.2) is 4.68 Å². The molecule has 0 unspecified atom stereocenters. The fourth-order valence-corrected chi connectivity index (χ4v) is 4.45. The van der Waals surface area contributed by atoms with Crippen molar-refractivity contribution in [2.45, 2.75) is 38.3 Å². The van der Waals surface area contributed by atoms with Gasteiger partial charge in [-0.05, 0) is 31.0 Å². The van der Waals surface area contributed by atoms with Gasteiger partial charge in [0.25, 0.3) is 11.5 Å². The van der Waals surface area contributed by atoms with Crippen LogP contribution in [0.15, 0.2) is 41.2 Å². The van der Waals surface area contributed by atoms with Crippen molar-refractivity contribution in [1.29, 1.82) is 0 Å². The number of nitrogens with zero attached hydrogens (tertiary/aromatic N) is 2. The molecule has 1 fully saturated rings. The number of benzene rings is 1. The van der Waals surface area contributed by atoms with Gasteiger partial charge < -0.3 is 5.32 Å². The van der Waals surface area contributed by atoms with Crippen LogP contribution in [0.2, 0.25) is 4.34 Å². The molecule has 3 aromatic rings. The minimum absolute atomic E-state index is 0.0485. The molecule has 1 aliphatic carbocycles. The largest absolute Gasteiger partial charge is 0.346 e. The second kappa shape index (κ2) is 7.21. The maximum Gasteiger partial charge on any atom is 0.274 e. The summed E-state index contributed by atoms with van der Waals surface area (Å²) in [6.07, 6.45) is 4.20. The van der Waals surface area contributed by atoms with E-state index in [4.69, 9.17) is 11.6 Å². The van der Waals surface area contributed by atoms with Crippen LogP contribution in [0.1, 0.15) is 47.1 Å². The molecule has 0 aliphatic heterocycles. The maximum absolute atomic E-state index is 12.8. The van der Waals surface area contributed by atoms with Crippen molar-refractivity contribution >= 4 is 39.6 Å². The minimum atomic E-state index is -0.189. The van der Waals surface area contributed by atoms with Crippen molar-refractivity contribution < 1.29 is 4.79 Å². The number of nitrogens with one attached hydrogen (secondary N) is 1. The summed E-state index contributed by atoms with van der Waals surface area (Å²) in [5, 5.41) is 8.95. The maximum atomic E-state index is 12.8. The number of amides is 1. The van der Waals surface area contributed by atoms with Gasteiger partial charge in [-0.2, -0.15) is 5.10 Å². The molecule has 4 rings (SSSR count). The van der Waals surface area contributed by atoms with Crippen LogP contribution in [-0.4, -0.2) is 15.7 Å². The van der Waals surface area contributed by atoms with Crippen molar-refractivity contribution in [1.82, 2.24) is 15.1 Å². The lowest BCUT2D eigenvalue weighted by molar-refractivity contribution is 0.0954. The van der Waals surface area contributed by atoms with Gasteiger partial charge in [0.2, 0.25) is 0 Å². The summed E-state index contributed by atoms with van der Waals surface area (Å²) in [6.45, 7) is 0.266. The summed E-state index contributed by atoms with van der Waals surface area (Å²) in [7, 11) is 0. The molecule has 0 saturated heterocycles. The number of aromatic nitrogens is 2. The third-order valence-corrected chi connectivity index (χ3v) is 6.02. The van der Waals surface area contributed by atoms with Crippen LogP contribution in [0, 0.1) is 0 Å². The van der Waals surface area contributed by atoms with Crippen LogP contribution in [0.3, 0.4) is 0 Å². The molecule has 1 aliphatic rings. The molecule has 0 bridgehead atoms. The molecule has 7 heteroatoms. The van der Waals surface area contributed by atoms with Crippen LogP contribution in [0.25, 0.3) is 10.8 Å². The molecule has 1 saturated carbocycles. The molecule has 0 radical (unpaired) electrons. The molecule has 2 aromatic heterocycles. The standard InChI is InChI=1S/C19H18ClN3O2S/c20-17-10-9-16(26-17)18(24)21-11-15-13-7-3-4-8-14(13)19(25)23(22-15)12-5-1-2-6-12/h3-4,7-10,12H,1-2,5-6,11H2,(H,21,24). The number of hydrogen-bond acceptors (Lipinski definition) is 4. The Morgan fingerprint density at radius 3 is 2.62 bits per heavy atom. The lowest BCUT2D eigenvalue weighted by Gasteiger charge is -2.16. The highest BCUT2D eigenvalue weighted by molar-refractivity contribution is 7.17. The Kier molecular flexibility index (Phi) is 4.78. The average Bonchev–Trinajstić information content (AvgIpc) is 3.33. The first-order valence-electron chi connectivity index (χ1n) is 8.67. The van der Waals surface area contributed by atoms with E-state index < -0.39 is 0 Å². The fraction of sp³-hybridized carbons (Fsp3) is 0.316.